The monoisotopic (exact) mass is 399 g/mol. The number of hydrogen-bond donors (Lipinski definition) is 3. The largest absolute Gasteiger partial charge is 0.493 e. The standard InChI is InChI=1S/C21H25N3O5/c1-14(25)23-16-5-7-17(8-6-16)24-21(27)13-20(26)22-11-10-15-4-9-18(28-2)19(12-15)29-3/h4-9,12H,10-11,13H2,1-3H3,(H,22,26)(H,23,25)(H,24,27). The predicted octanol–water partition coefficient (Wildman–Crippen LogP) is 2.35. The summed E-state index contributed by atoms with van der Waals surface area (Å²) in [6.07, 6.45) is 0.317. The molecule has 0 heterocycles. The molecule has 0 saturated carbocycles. The first-order valence-corrected chi connectivity index (χ1v) is 9.06. The molecule has 8 heteroatoms. The van der Waals surface area contributed by atoms with Crippen molar-refractivity contribution in [2.45, 2.75) is 19.8 Å². The predicted molar refractivity (Wildman–Crippen MR) is 110 cm³/mol. The van der Waals surface area contributed by atoms with Gasteiger partial charge in [0.1, 0.15) is 6.42 Å². The maximum absolute atomic E-state index is 12.0. The third-order valence-corrected chi connectivity index (χ3v) is 3.99. The van der Waals surface area contributed by atoms with E-state index in [0.29, 0.717) is 35.8 Å². The molecule has 2 aromatic carbocycles. The van der Waals surface area contributed by atoms with E-state index in [1.165, 1.54) is 6.92 Å². The smallest absolute Gasteiger partial charge is 0.233 e. The molecule has 0 bridgehead atoms. The lowest BCUT2D eigenvalue weighted by Gasteiger charge is -2.10. The lowest BCUT2D eigenvalue weighted by atomic mass is 10.1. The number of carbonyl (C=O) groups excluding carboxylic acids is 3. The number of carbonyl (C=O) groups is 3. The molecular weight excluding hydrogens is 374 g/mol. The molecule has 0 radical (unpaired) electrons. The number of benzene rings is 2. The Kier molecular flexibility index (Phi) is 8.02. The minimum absolute atomic E-state index is 0.174. The van der Waals surface area contributed by atoms with Crippen LogP contribution in [-0.2, 0) is 20.8 Å². The first-order valence-electron chi connectivity index (χ1n) is 9.06. The molecule has 154 valence electrons. The Hall–Kier alpha value is -3.55. The second-order valence-electron chi connectivity index (χ2n) is 6.27. The summed E-state index contributed by atoms with van der Waals surface area (Å²) in [4.78, 5) is 35.0. The Balaban J connectivity index is 1.76. The van der Waals surface area contributed by atoms with E-state index < -0.39 is 5.91 Å². The van der Waals surface area contributed by atoms with Gasteiger partial charge in [0.25, 0.3) is 0 Å². The molecule has 3 N–H and O–H groups in total. The Morgan fingerprint density at radius 3 is 2.03 bits per heavy atom. The maximum atomic E-state index is 12.0. The van der Waals surface area contributed by atoms with Crippen molar-refractivity contribution >= 4 is 29.1 Å². The molecule has 0 fully saturated rings. The SMILES string of the molecule is COc1ccc(CCNC(=O)CC(=O)Nc2ccc(NC(C)=O)cc2)cc1OC. The zero-order chi connectivity index (χ0) is 21.2. The van der Waals surface area contributed by atoms with Crippen LogP contribution in [0.15, 0.2) is 42.5 Å². The van der Waals surface area contributed by atoms with Gasteiger partial charge in [0.2, 0.25) is 17.7 Å². The van der Waals surface area contributed by atoms with Gasteiger partial charge in [-0.05, 0) is 48.4 Å². The molecule has 0 saturated heterocycles. The van der Waals surface area contributed by atoms with Gasteiger partial charge in [0.05, 0.1) is 14.2 Å². The average Bonchev–Trinajstić information content (AvgIpc) is 2.68. The van der Waals surface area contributed by atoms with Gasteiger partial charge in [0.15, 0.2) is 11.5 Å². The summed E-state index contributed by atoms with van der Waals surface area (Å²) in [5.74, 6) is 0.313. The number of rotatable bonds is 9. The molecule has 29 heavy (non-hydrogen) atoms. The molecule has 0 spiro atoms. The van der Waals surface area contributed by atoms with Crippen LogP contribution in [0.3, 0.4) is 0 Å². The number of methoxy groups -OCH3 is 2. The van der Waals surface area contributed by atoms with Crippen molar-refractivity contribution in [3.63, 3.8) is 0 Å². The molecule has 0 atom stereocenters. The van der Waals surface area contributed by atoms with Crippen LogP contribution in [0, 0.1) is 0 Å². The van der Waals surface area contributed by atoms with Gasteiger partial charge in [-0.3, -0.25) is 14.4 Å². The highest BCUT2D eigenvalue weighted by molar-refractivity contribution is 6.03. The number of nitrogens with one attached hydrogen (secondary N) is 3. The fourth-order valence-electron chi connectivity index (χ4n) is 2.64. The molecule has 0 aromatic heterocycles. The van der Waals surface area contributed by atoms with Gasteiger partial charge < -0.3 is 25.4 Å². The van der Waals surface area contributed by atoms with Crippen LogP contribution in [0.5, 0.6) is 11.5 Å². The summed E-state index contributed by atoms with van der Waals surface area (Å²) in [7, 11) is 3.13. The Morgan fingerprint density at radius 2 is 1.45 bits per heavy atom. The van der Waals surface area contributed by atoms with Crippen molar-refractivity contribution in [3.05, 3.63) is 48.0 Å². The topological polar surface area (TPSA) is 106 Å². The van der Waals surface area contributed by atoms with Gasteiger partial charge in [0, 0.05) is 24.8 Å². The van der Waals surface area contributed by atoms with Crippen LogP contribution < -0.4 is 25.4 Å². The van der Waals surface area contributed by atoms with E-state index >= 15 is 0 Å². The Labute approximate surface area is 169 Å². The second-order valence-corrected chi connectivity index (χ2v) is 6.27. The lowest BCUT2D eigenvalue weighted by Crippen LogP contribution is -2.29. The van der Waals surface area contributed by atoms with Crippen molar-refractivity contribution in [1.82, 2.24) is 5.32 Å². The molecule has 8 nitrogen and oxygen atoms in total. The Bertz CT molecular complexity index is 865. The van der Waals surface area contributed by atoms with Gasteiger partial charge in [-0.1, -0.05) is 6.07 Å². The normalized spacial score (nSPS) is 10.0. The van der Waals surface area contributed by atoms with E-state index in [2.05, 4.69) is 16.0 Å². The van der Waals surface area contributed by atoms with E-state index in [1.807, 2.05) is 12.1 Å². The molecule has 0 aliphatic carbocycles. The molecule has 2 rings (SSSR count). The van der Waals surface area contributed by atoms with Gasteiger partial charge in [-0.25, -0.2) is 0 Å². The Morgan fingerprint density at radius 1 is 0.828 bits per heavy atom. The highest BCUT2D eigenvalue weighted by atomic mass is 16.5. The van der Waals surface area contributed by atoms with Gasteiger partial charge >= 0.3 is 0 Å². The molecular formula is C21H25N3O5. The number of hydrogen-bond acceptors (Lipinski definition) is 5. The number of anilines is 2. The van der Waals surface area contributed by atoms with Crippen molar-refractivity contribution in [3.8, 4) is 11.5 Å². The highest BCUT2D eigenvalue weighted by Gasteiger charge is 2.10. The second kappa shape index (κ2) is 10.7. The summed E-state index contributed by atoms with van der Waals surface area (Å²) in [5.41, 5.74) is 2.15. The van der Waals surface area contributed by atoms with Crippen LogP contribution in [-0.4, -0.2) is 38.5 Å². The fourth-order valence-corrected chi connectivity index (χ4v) is 2.64. The number of ether oxygens (including phenoxy) is 2. The van der Waals surface area contributed by atoms with Gasteiger partial charge in [-0.15, -0.1) is 0 Å². The summed E-state index contributed by atoms with van der Waals surface area (Å²) in [6, 6.07) is 12.2. The quantitative estimate of drug-likeness (QED) is 0.561. The highest BCUT2D eigenvalue weighted by Crippen LogP contribution is 2.27. The van der Waals surface area contributed by atoms with Crippen LogP contribution >= 0.6 is 0 Å². The summed E-state index contributed by atoms with van der Waals surface area (Å²) in [5, 5.41) is 8.01. The van der Waals surface area contributed by atoms with Crippen LogP contribution in [0.4, 0.5) is 11.4 Å². The molecule has 0 aliphatic rings. The average molecular weight is 399 g/mol. The van der Waals surface area contributed by atoms with E-state index in [0.717, 1.165) is 5.56 Å². The first-order chi connectivity index (χ1) is 13.9. The van der Waals surface area contributed by atoms with Crippen molar-refractivity contribution in [2.24, 2.45) is 0 Å². The van der Waals surface area contributed by atoms with Crippen molar-refractivity contribution in [1.29, 1.82) is 0 Å². The maximum Gasteiger partial charge on any atom is 0.233 e. The third kappa shape index (κ3) is 7.17. The first kappa shape index (κ1) is 21.7. The van der Waals surface area contributed by atoms with E-state index in [9.17, 15) is 14.4 Å². The summed E-state index contributed by atoms with van der Waals surface area (Å²) >= 11 is 0. The molecule has 0 unspecified atom stereocenters. The van der Waals surface area contributed by atoms with E-state index in [4.69, 9.17) is 9.47 Å². The summed E-state index contributed by atoms with van der Waals surface area (Å²) < 4.78 is 10.4. The van der Waals surface area contributed by atoms with Crippen molar-refractivity contribution < 1.29 is 23.9 Å². The zero-order valence-electron chi connectivity index (χ0n) is 16.7. The summed E-state index contributed by atoms with van der Waals surface area (Å²) in [6.45, 7) is 1.81. The third-order valence-electron chi connectivity index (χ3n) is 3.99. The molecule has 0 aliphatic heterocycles. The zero-order valence-corrected chi connectivity index (χ0v) is 16.7. The lowest BCUT2D eigenvalue weighted by molar-refractivity contribution is -0.126. The van der Waals surface area contributed by atoms with Gasteiger partial charge in [-0.2, -0.15) is 0 Å². The minimum Gasteiger partial charge on any atom is -0.493 e. The van der Waals surface area contributed by atoms with Crippen LogP contribution in [0.1, 0.15) is 18.9 Å². The minimum atomic E-state index is -0.416. The number of amides is 3. The molecule has 3 amide bonds. The van der Waals surface area contributed by atoms with Crippen LogP contribution in [0.2, 0.25) is 0 Å². The van der Waals surface area contributed by atoms with Crippen molar-refractivity contribution in [2.75, 3.05) is 31.4 Å². The molecule has 2 aromatic rings. The van der Waals surface area contributed by atoms with Crippen LogP contribution in [0.25, 0.3) is 0 Å². The van der Waals surface area contributed by atoms with E-state index in [1.54, 1.807) is 44.6 Å². The fraction of sp³-hybridized carbons (Fsp3) is 0.286. The van der Waals surface area contributed by atoms with E-state index in [-0.39, 0.29) is 18.2 Å².